The molecule has 94 valence electrons. The monoisotopic (exact) mass is 252 g/mol. The number of hydrogen-bond acceptors (Lipinski definition) is 3. The molecule has 19 heavy (non-hydrogen) atoms. The van der Waals surface area contributed by atoms with Crippen LogP contribution in [0.15, 0.2) is 48.5 Å². The Balaban J connectivity index is 2.03. The molecule has 1 N–H and O–H groups in total. The number of carbonyl (C=O) groups excluding carboxylic acids is 1. The SMILES string of the molecule is CC(=O)Oc1cccc(-c2nc3ccccc3[nH]2)c1. The Kier molecular flexibility index (Phi) is 2.76. The van der Waals surface area contributed by atoms with Crippen LogP contribution in [0.5, 0.6) is 5.75 Å². The second kappa shape index (κ2) is 4.57. The van der Waals surface area contributed by atoms with E-state index in [4.69, 9.17) is 4.74 Å². The summed E-state index contributed by atoms with van der Waals surface area (Å²) >= 11 is 0. The molecule has 0 saturated carbocycles. The first-order valence-corrected chi connectivity index (χ1v) is 5.96. The molecule has 1 aromatic heterocycles. The van der Waals surface area contributed by atoms with Gasteiger partial charge in [0.25, 0.3) is 0 Å². The summed E-state index contributed by atoms with van der Waals surface area (Å²) in [5, 5.41) is 0. The van der Waals surface area contributed by atoms with E-state index in [1.54, 1.807) is 12.1 Å². The third-order valence-electron chi connectivity index (χ3n) is 2.76. The summed E-state index contributed by atoms with van der Waals surface area (Å²) in [6.45, 7) is 1.38. The van der Waals surface area contributed by atoms with Crippen LogP contribution in [0.3, 0.4) is 0 Å². The van der Waals surface area contributed by atoms with Gasteiger partial charge in [0.15, 0.2) is 0 Å². The summed E-state index contributed by atoms with van der Waals surface area (Å²) in [6.07, 6.45) is 0. The van der Waals surface area contributed by atoms with Gasteiger partial charge in [0.05, 0.1) is 11.0 Å². The molecule has 0 aliphatic heterocycles. The number of para-hydroxylation sites is 2. The Hall–Kier alpha value is -2.62. The third-order valence-corrected chi connectivity index (χ3v) is 2.76. The number of benzene rings is 2. The van der Waals surface area contributed by atoms with Crippen molar-refractivity contribution >= 4 is 17.0 Å². The minimum Gasteiger partial charge on any atom is -0.427 e. The van der Waals surface area contributed by atoms with Gasteiger partial charge in [-0.3, -0.25) is 4.79 Å². The zero-order chi connectivity index (χ0) is 13.2. The maximum absolute atomic E-state index is 11.0. The molecule has 0 bridgehead atoms. The Bertz CT molecular complexity index is 713. The largest absolute Gasteiger partial charge is 0.427 e. The van der Waals surface area contributed by atoms with Gasteiger partial charge in [0, 0.05) is 12.5 Å². The van der Waals surface area contributed by atoms with Crippen molar-refractivity contribution in [2.45, 2.75) is 6.92 Å². The number of fused-ring (bicyclic) bond motifs is 1. The number of aromatic amines is 1. The summed E-state index contributed by atoms with van der Waals surface area (Å²) in [5.41, 5.74) is 2.78. The molecule has 0 saturated heterocycles. The van der Waals surface area contributed by atoms with E-state index in [0.29, 0.717) is 5.75 Å². The van der Waals surface area contributed by atoms with Gasteiger partial charge >= 0.3 is 5.97 Å². The van der Waals surface area contributed by atoms with Crippen LogP contribution >= 0.6 is 0 Å². The number of aromatic nitrogens is 2. The van der Waals surface area contributed by atoms with Crippen molar-refractivity contribution in [1.82, 2.24) is 9.97 Å². The lowest BCUT2D eigenvalue weighted by molar-refractivity contribution is -0.131. The first kappa shape index (κ1) is 11.5. The number of imidazole rings is 1. The number of H-pyrrole nitrogens is 1. The van der Waals surface area contributed by atoms with Gasteiger partial charge in [-0.25, -0.2) is 4.98 Å². The number of nitrogens with zero attached hydrogens (tertiary/aromatic N) is 1. The highest BCUT2D eigenvalue weighted by molar-refractivity contribution is 5.79. The highest BCUT2D eigenvalue weighted by atomic mass is 16.5. The van der Waals surface area contributed by atoms with E-state index in [9.17, 15) is 4.79 Å². The van der Waals surface area contributed by atoms with E-state index >= 15 is 0 Å². The van der Waals surface area contributed by atoms with Crippen LogP contribution in [0, 0.1) is 0 Å². The molecule has 0 radical (unpaired) electrons. The van der Waals surface area contributed by atoms with Crippen molar-refractivity contribution in [3.05, 3.63) is 48.5 Å². The predicted molar refractivity (Wildman–Crippen MR) is 72.8 cm³/mol. The lowest BCUT2D eigenvalue weighted by Gasteiger charge is -2.02. The second-order valence-electron chi connectivity index (χ2n) is 4.22. The van der Waals surface area contributed by atoms with Crippen LogP contribution in [-0.4, -0.2) is 15.9 Å². The van der Waals surface area contributed by atoms with Gasteiger partial charge in [0.1, 0.15) is 11.6 Å². The van der Waals surface area contributed by atoms with Crippen LogP contribution in [0.1, 0.15) is 6.92 Å². The highest BCUT2D eigenvalue weighted by Gasteiger charge is 2.06. The smallest absolute Gasteiger partial charge is 0.308 e. The maximum atomic E-state index is 11.0. The van der Waals surface area contributed by atoms with Crippen LogP contribution in [0.2, 0.25) is 0 Å². The minimum atomic E-state index is -0.332. The van der Waals surface area contributed by atoms with Crippen molar-refractivity contribution in [2.75, 3.05) is 0 Å². The maximum Gasteiger partial charge on any atom is 0.308 e. The van der Waals surface area contributed by atoms with Gasteiger partial charge < -0.3 is 9.72 Å². The van der Waals surface area contributed by atoms with E-state index < -0.39 is 0 Å². The fourth-order valence-corrected chi connectivity index (χ4v) is 1.96. The molecular formula is C15H12N2O2. The summed E-state index contributed by atoms with van der Waals surface area (Å²) in [6, 6.07) is 15.1. The van der Waals surface area contributed by atoms with Crippen LogP contribution in [0.25, 0.3) is 22.4 Å². The summed E-state index contributed by atoms with van der Waals surface area (Å²) in [5.74, 6) is 0.947. The Morgan fingerprint density at radius 2 is 2.00 bits per heavy atom. The lowest BCUT2D eigenvalue weighted by atomic mass is 10.2. The molecule has 2 aromatic carbocycles. The van der Waals surface area contributed by atoms with Crippen LogP contribution in [-0.2, 0) is 4.79 Å². The number of carbonyl (C=O) groups is 1. The number of rotatable bonds is 2. The molecule has 3 rings (SSSR count). The summed E-state index contributed by atoms with van der Waals surface area (Å²) in [4.78, 5) is 18.7. The Labute approximate surface area is 110 Å². The second-order valence-corrected chi connectivity index (χ2v) is 4.22. The molecule has 4 heteroatoms. The van der Waals surface area contributed by atoms with E-state index in [1.165, 1.54) is 6.92 Å². The number of esters is 1. The van der Waals surface area contributed by atoms with Gasteiger partial charge in [0.2, 0.25) is 0 Å². The average molecular weight is 252 g/mol. The van der Waals surface area contributed by atoms with Gasteiger partial charge in [-0.2, -0.15) is 0 Å². The summed E-state index contributed by atoms with van der Waals surface area (Å²) < 4.78 is 5.07. The van der Waals surface area contributed by atoms with Crippen molar-refractivity contribution < 1.29 is 9.53 Å². The third kappa shape index (κ3) is 2.33. The van der Waals surface area contributed by atoms with Crippen molar-refractivity contribution in [3.63, 3.8) is 0 Å². The van der Waals surface area contributed by atoms with E-state index in [1.807, 2.05) is 36.4 Å². The standard InChI is InChI=1S/C15H12N2O2/c1-10(18)19-12-6-4-5-11(9-12)15-16-13-7-2-3-8-14(13)17-15/h2-9H,1H3,(H,16,17). The predicted octanol–water partition coefficient (Wildman–Crippen LogP) is 3.16. The van der Waals surface area contributed by atoms with Gasteiger partial charge in [-0.1, -0.05) is 24.3 Å². The zero-order valence-electron chi connectivity index (χ0n) is 10.4. The van der Waals surface area contributed by atoms with Crippen LogP contribution < -0.4 is 4.74 Å². The van der Waals surface area contributed by atoms with Crippen molar-refractivity contribution in [1.29, 1.82) is 0 Å². The topological polar surface area (TPSA) is 55.0 Å². The molecule has 0 unspecified atom stereocenters. The quantitative estimate of drug-likeness (QED) is 0.563. The molecule has 4 nitrogen and oxygen atoms in total. The molecule has 0 aliphatic rings. The Morgan fingerprint density at radius 3 is 2.79 bits per heavy atom. The first-order chi connectivity index (χ1) is 9.22. The first-order valence-electron chi connectivity index (χ1n) is 5.96. The minimum absolute atomic E-state index is 0.332. The zero-order valence-corrected chi connectivity index (χ0v) is 10.4. The molecule has 0 fully saturated rings. The number of ether oxygens (including phenoxy) is 1. The van der Waals surface area contributed by atoms with E-state index in [0.717, 1.165) is 22.4 Å². The molecule has 3 aromatic rings. The normalized spacial score (nSPS) is 10.6. The summed E-state index contributed by atoms with van der Waals surface area (Å²) in [7, 11) is 0. The molecule has 0 atom stereocenters. The van der Waals surface area contributed by atoms with Gasteiger partial charge in [-0.05, 0) is 24.3 Å². The molecular weight excluding hydrogens is 240 g/mol. The van der Waals surface area contributed by atoms with Crippen molar-refractivity contribution in [3.8, 4) is 17.1 Å². The number of hydrogen-bond donors (Lipinski definition) is 1. The van der Waals surface area contributed by atoms with E-state index in [2.05, 4.69) is 9.97 Å². The average Bonchev–Trinajstić information content (AvgIpc) is 2.82. The van der Waals surface area contributed by atoms with Crippen molar-refractivity contribution in [2.24, 2.45) is 0 Å². The fraction of sp³-hybridized carbons (Fsp3) is 0.0667. The molecule has 0 spiro atoms. The number of nitrogens with one attached hydrogen (secondary N) is 1. The fourth-order valence-electron chi connectivity index (χ4n) is 1.96. The van der Waals surface area contributed by atoms with Crippen LogP contribution in [0.4, 0.5) is 0 Å². The Morgan fingerprint density at radius 1 is 1.16 bits per heavy atom. The molecule has 0 aliphatic carbocycles. The van der Waals surface area contributed by atoms with Gasteiger partial charge in [-0.15, -0.1) is 0 Å². The molecule has 1 heterocycles. The molecule has 0 amide bonds. The van der Waals surface area contributed by atoms with E-state index in [-0.39, 0.29) is 5.97 Å². The highest BCUT2D eigenvalue weighted by Crippen LogP contribution is 2.24. The lowest BCUT2D eigenvalue weighted by Crippen LogP contribution is -2.01.